The average molecular weight is 354 g/mol. The number of carbonyl (C=O) groups is 1. The van der Waals surface area contributed by atoms with Gasteiger partial charge >= 0.3 is 5.97 Å². The Labute approximate surface area is 151 Å². The number of para-hydroxylation sites is 1. The zero-order valence-corrected chi connectivity index (χ0v) is 14.4. The molecule has 0 atom stereocenters. The van der Waals surface area contributed by atoms with Crippen molar-refractivity contribution in [2.45, 2.75) is 13.5 Å². The molecule has 0 fully saturated rings. The summed E-state index contributed by atoms with van der Waals surface area (Å²) in [6, 6.07) is 18.5. The Bertz CT molecular complexity index is 867. The molecule has 0 bridgehead atoms. The smallest absolute Gasteiger partial charge is 0.347 e. The summed E-state index contributed by atoms with van der Waals surface area (Å²) in [6.45, 7) is 2.03. The first-order valence-corrected chi connectivity index (χ1v) is 8.12. The van der Waals surface area contributed by atoms with Crippen molar-refractivity contribution in [3.8, 4) is 11.5 Å². The topological polar surface area (TPSA) is 48.4 Å². The molecule has 1 heterocycles. The predicted octanol–water partition coefficient (Wildman–Crippen LogP) is 4.84. The highest BCUT2D eigenvalue weighted by Gasteiger charge is 2.21. The van der Waals surface area contributed by atoms with Crippen molar-refractivity contribution >= 4 is 17.6 Å². The molecule has 126 valence electrons. The van der Waals surface area contributed by atoms with E-state index in [9.17, 15) is 4.79 Å². The normalized spacial score (nSPS) is 10.3. The third-order valence-electron chi connectivity index (χ3n) is 3.62. The standard InChI is InChI=1S/C20H16ClNO3/c1-14-18(20(23)25-16-10-6-3-7-11-16)17(12-22-19(14)21)24-13-15-8-4-2-5-9-15/h2-12H,13H2,1H3. The maximum Gasteiger partial charge on any atom is 0.347 e. The number of aromatic nitrogens is 1. The van der Waals surface area contributed by atoms with E-state index in [0.717, 1.165) is 5.56 Å². The van der Waals surface area contributed by atoms with Crippen LogP contribution >= 0.6 is 11.6 Å². The minimum absolute atomic E-state index is 0.243. The molecule has 1 aromatic heterocycles. The minimum atomic E-state index is -0.531. The van der Waals surface area contributed by atoms with Crippen LogP contribution in [0.5, 0.6) is 11.5 Å². The van der Waals surface area contributed by atoms with E-state index in [0.29, 0.717) is 23.7 Å². The molecule has 0 aliphatic rings. The number of hydrogen-bond acceptors (Lipinski definition) is 4. The van der Waals surface area contributed by atoms with E-state index >= 15 is 0 Å². The molecule has 4 nitrogen and oxygen atoms in total. The van der Waals surface area contributed by atoms with Crippen molar-refractivity contribution in [1.29, 1.82) is 0 Å². The number of pyridine rings is 1. The van der Waals surface area contributed by atoms with Crippen LogP contribution in [0.3, 0.4) is 0 Å². The van der Waals surface area contributed by atoms with Crippen molar-refractivity contribution in [2.75, 3.05) is 0 Å². The summed E-state index contributed by atoms with van der Waals surface area (Å²) in [6.07, 6.45) is 1.44. The second-order valence-corrected chi connectivity index (χ2v) is 5.75. The monoisotopic (exact) mass is 353 g/mol. The molecular formula is C20H16ClNO3. The number of ether oxygens (including phenoxy) is 2. The number of halogens is 1. The number of esters is 1. The first-order chi connectivity index (χ1) is 12.1. The lowest BCUT2D eigenvalue weighted by Gasteiger charge is -2.14. The third-order valence-corrected chi connectivity index (χ3v) is 4.00. The van der Waals surface area contributed by atoms with Gasteiger partial charge in [0.15, 0.2) is 5.75 Å². The molecule has 0 spiro atoms. The highest BCUT2D eigenvalue weighted by atomic mass is 35.5. The summed E-state index contributed by atoms with van der Waals surface area (Å²) in [5.41, 5.74) is 1.78. The van der Waals surface area contributed by atoms with Gasteiger partial charge in [0.05, 0.1) is 6.20 Å². The van der Waals surface area contributed by atoms with Gasteiger partial charge in [0.2, 0.25) is 0 Å². The highest BCUT2D eigenvalue weighted by Crippen LogP contribution is 2.28. The van der Waals surface area contributed by atoms with E-state index in [-0.39, 0.29) is 10.7 Å². The summed E-state index contributed by atoms with van der Waals surface area (Å²) in [4.78, 5) is 16.7. The van der Waals surface area contributed by atoms with Gasteiger partial charge in [-0.25, -0.2) is 9.78 Å². The fraction of sp³-hybridized carbons (Fsp3) is 0.100. The Balaban J connectivity index is 1.86. The molecule has 0 N–H and O–H groups in total. The van der Waals surface area contributed by atoms with Gasteiger partial charge in [0, 0.05) is 5.56 Å². The summed E-state index contributed by atoms with van der Waals surface area (Å²) < 4.78 is 11.2. The largest absolute Gasteiger partial charge is 0.486 e. The Kier molecular flexibility index (Phi) is 5.31. The quantitative estimate of drug-likeness (QED) is 0.374. The molecule has 0 saturated carbocycles. The lowest BCUT2D eigenvalue weighted by atomic mass is 10.1. The average Bonchev–Trinajstić information content (AvgIpc) is 2.64. The number of carbonyl (C=O) groups excluding carboxylic acids is 1. The molecule has 2 aromatic carbocycles. The number of benzene rings is 2. The van der Waals surface area contributed by atoms with Crippen LogP contribution in [-0.4, -0.2) is 11.0 Å². The van der Waals surface area contributed by atoms with E-state index in [2.05, 4.69) is 4.98 Å². The first-order valence-electron chi connectivity index (χ1n) is 7.74. The van der Waals surface area contributed by atoms with Crippen molar-refractivity contribution in [1.82, 2.24) is 4.98 Å². The maximum absolute atomic E-state index is 12.6. The summed E-state index contributed by atoms with van der Waals surface area (Å²) in [7, 11) is 0. The van der Waals surface area contributed by atoms with Gasteiger partial charge in [-0.3, -0.25) is 0 Å². The van der Waals surface area contributed by atoms with Crippen LogP contribution in [-0.2, 0) is 6.61 Å². The lowest BCUT2D eigenvalue weighted by Crippen LogP contribution is -2.13. The Hall–Kier alpha value is -2.85. The lowest BCUT2D eigenvalue weighted by molar-refractivity contribution is 0.0728. The van der Waals surface area contributed by atoms with Crippen LogP contribution in [0, 0.1) is 6.92 Å². The fourth-order valence-electron chi connectivity index (χ4n) is 2.31. The fourth-order valence-corrected chi connectivity index (χ4v) is 2.45. The van der Waals surface area contributed by atoms with Crippen LogP contribution in [0.25, 0.3) is 0 Å². The van der Waals surface area contributed by atoms with Gasteiger partial charge in [-0.05, 0) is 24.6 Å². The highest BCUT2D eigenvalue weighted by molar-refractivity contribution is 6.30. The minimum Gasteiger partial charge on any atom is -0.486 e. The van der Waals surface area contributed by atoms with Crippen molar-refractivity contribution in [2.24, 2.45) is 0 Å². The van der Waals surface area contributed by atoms with E-state index in [1.165, 1.54) is 6.20 Å². The first kappa shape index (κ1) is 17.0. The van der Waals surface area contributed by atoms with Crippen molar-refractivity contribution < 1.29 is 14.3 Å². The molecule has 0 unspecified atom stereocenters. The summed E-state index contributed by atoms with van der Waals surface area (Å²) in [5.74, 6) is 0.261. The van der Waals surface area contributed by atoms with Gasteiger partial charge in [-0.1, -0.05) is 60.1 Å². The molecule has 5 heteroatoms. The molecular weight excluding hydrogens is 338 g/mol. The van der Waals surface area contributed by atoms with Gasteiger partial charge < -0.3 is 9.47 Å². The third kappa shape index (κ3) is 4.17. The van der Waals surface area contributed by atoms with Gasteiger partial charge in [0.1, 0.15) is 23.1 Å². The molecule has 25 heavy (non-hydrogen) atoms. The number of rotatable bonds is 5. The van der Waals surface area contributed by atoms with Crippen molar-refractivity contribution in [3.05, 3.63) is 88.7 Å². The van der Waals surface area contributed by atoms with E-state index in [1.807, 2.05) is 36.4 Å². The number of nitrogens with zero attached hydrogens (tertiary/aromatic N) is 1. The Morgan fingerprint density at radius 2 is 1.68 bits per heavy atom. The van der Waals surface area contributed by atoms with E-state index < -0.39 is 5.97 Å². The van der Waals surface area contributed by atoms with E-state index in [4.69, 9.17) is 21.1 Å². The zero-order chi connectivity index (χ0) is 17.6. The second kappa shape index (κ2) is 7.81. The Morgan fingerprint density at radius 3 is 2.36 bits per heavy atom. The van der Waals surface area contributed by atoms with Crippen LogP contribution in [0.15, 0.2) is 66.9 Å². The van der Waals surface area contributed by atoms with Gasteiger partial charge in [-0.2, -0.15) is 0 Å². The van der Waals surface area contributed by atoms with Crippen LogP contribution in [0.2, 0.25) is 5.15 Å². The molecule has 0 aliphatic carbocycles. The van der Waals surface area contributed by atoms with E-state index in [1.54, 1.807) is 31.2 Å². The van der Waals surface area contributed by atoms with Crippen LogP contribution in [0.4, 0.5) is 0 Å². The maximum atomic E-state index is 12.6. The van der Waals surface area contributed by atoms with Gasteiger partial charge in [0.25, 0.3) is 0 Å². The van der Waals surface area contributed by atoms with Crippen LogP contribution in [0.1, 0.15) is 21.5 Å². The van der Waals surface area contributed by atoms with Crippen LogP contribution < -0.4 is 9.47 Å². The Morgan fingerprint density at radius 1 is 1.04 bits per heavy atom. The molecule has 0 amide bonds. The number of hydrogen-bond donors (Lipinski definition) is 0. The zero-order valence-electron chi connectivity index (χ0n) is 13.6. The molecule has 0 aliphatic heterocycles. The SMILES string of the molecule is Cc1c(Cl)ncc(OCc2ccccc2)c1C(=O)Oc1ccccc1. The molecule has 0 saturated heterocycles. The predicted molar refractivity (Wildman–Crippen MR) is 96.2 cm³/mol. The van der Waals surface area contributed by atoms with Crippen molar-refractivity contribution in [3.63, 3.8) is 0 Å². The van der Waals surface area contributed by atoms with Gasteiger partial charge in [-0.15, -0.1) is 0 Å². The summed E-state index contributed by atoms with van der Waals surface area (Å²) in [5, 5.41) is 0.243. The molecule has 3 aromatic rings. The molecule has 0 radical (unpaired) electrons. The summed E-state index contributed by atoms with van der Waals surface area (Å²) >= 11 is 6.08. The molecule has 3 rings (SSSR count). The second-order valence-electron chi connectivity index (χ2n) is 5.39.